The number of rotatable bonds is 40. The molecule has 1 fully saturated rings. The second-order valence-electron chi connectivity index (χ2n) is 22.3. The van der Waals surface area contributed by atoms with Crippen LogP contribution in [0, 0.1) is 17.2 Å². The number of ether oxygens (including phenoxy) is 2. The summed E-state index contributed by atoms with van der Waals surface area (Å²) in [6, 6.07) is 18.7. The Morgan fingerprint density at radius 1 is 0.753 bits per heavy atom. The van der Waals surface area contributed by atoms with Crippen molar-refractivity contribution in [1.82, 2.24) is 30.9 Å². The van der Waals surface area contributed by atoms with Crippen LogP contribution in [-0.2, 0) is 45.2 Å². The fourth-order valence-corrected chi connectivity index (χ4v) is 10.2. The summed E-state index contributed by atoms with van der Waals surface area (Å²) in [7, 11) is 3.60. The Balaban J connectivity index is 0.976. The van der Waals surface area contributed by atoms with E-state index in [9.17, 15) is 24.3 Å². The number of carboxylic acids is 1. The van der Waals surface area contributed by atoms with Gasteiger partial charge in [-0.05, 0) is 108 Å². The normalized spacial score (nSPS) is 13.0. The summed E-state index contributed by atoms with van der Waals surface area (Å²) >= 11 is 0. The third-order valence-corrected chi connectivity index (χ3v) is 14.8. The summed E-state index contributed by atoms with van der Waals surface area (Å²) in [5, 5.41) is 27.3. The second kappa shape index (κ2) is 32.7. The van der Waals surface area contributed by atoms with Gasteiger partial charge in [0.15, 0.2) is 0 Å². The number of hydrogen-bond acceptors (Lipinski definition) is 10. The quantitative estimate of drug-likeness (QED) is 0.0183. The summed E-state index contributed by atoms with van der Waals surface area (Å²) < 4.78 is 29.8. The maximum Gasteiger partial charge on any atom is 0.303 e. The molecular formula is C60H91FN9O7+. The zero-order chi connectivity index (χ0) is 55.5. The van der Waals surface area contributed by atoms with Crippen LogP contribution in [0.2, 0.25) is 0 Å². The largest absolute Gasteiger partial charge is 0.497 e. The molecule has 3 aromatic carbocycles. The lowest BCUT2D eigenvalue weighted by Crippen LogP contribution is -2.52. The molecule has 16 nitrogen and oxygen atoms in total. The van der Waals surface area contributed by atoms with Gasteiger partial charge in [-0.2, -0.15) is 0 Å². The molecule has 3 amide bonds. The zero-order valence-electron chi connectivity index (χ0n) is 46.7. The summed E-state index contributed by atoms with van der Waals surface area (Å²) in [6.45, 7) is 9.39. The number of carbonyl (C=O) groups excluding carboxylic acids is 3. The number of aromatic nitrogens is 3. The number of nitrogens with one attached hydrogen (secondary N) is 3. The van der Waals surface area contributed by atoms with E-state index in [1.54, 1.807) is 19.2 Å². The number of carboxylic acid groups (broad SMARTS) is 1. The molecule has 8 N–H and O–H groups in total. The van der Waals surface area contributed by atoms with Gasteiger partial charge in [0.1, 0.15) is 23.9 Å². The van der Waals surface area contributed by atoms with Crippen molar-refractivity contribution < 1.29 is 42.6 Å². The average molecular weight is 1070 g/mol. The van der Waals surface area contributed by atoms with Crippen molar-refractivity contribution in [3.05, 3.63) is 95.1 Å². The first kappa shape index (κ1) is 61.9. The summed E-state index contributed by atoms with van der Waals surface area (Å²) in [6.07, 6.45) is 19.2. The lowest BCUT2D eigenvalue weighted by Gasteiger charge is -2.34. The first-order valence-corrected chi connectivity index (χ1v) is 28.4. The minimum Gasteiger partial charge on any atom is -0.497 e. The molecule has 0 saturated heterocycles. The number of hydrogen-bond donors (Lipinski definition) is 6. The van der Waals surface area contributed by atoms with Gasteiger partial charge in [0.25, 0.3) is 0 Å². The number of aryl methyl sites for hydroxylation is 1. The van der Waals surface area contributed by atoms with Crippen LogP contribution in [-0.4, -0.2) is 115 Å². The van der Waals surface area contributed by atoms with Gasteiger partial charge in [-0.15, -0.1) is 5.10 Å². The van der Waals surface area contributed by atoms with Gasteiger partial charge in [-0.25, -0.2) is 4.39 Å². The molecule has 1 heterocycles. The molecule has 1 aliphatic carbocycles. The highest BCUT2D eigenvalue weighted by Gasteiger charge is 2.34. The van der Waals surface area contributed by atoms with Gasteiger partial charge in [0.2, 0.25) is 17.7 Å². The fraction of sp³-hybridized carbons (Fsp3) is 0.600. The first-order valence-electron chi connectivity index (χ1n) is 28.4. The number of halogens is 1. The molecule has 77 heavy (non-hydrogen) atoms. The Labute approximate surface area is 457 Å². The van der Waals surface area contributed by atoms with Crippen molar-refractivity contribution in [1.29, 1.82) is 0 Å². The topological polar surface area (TPSA) is 226 Å². The van der Waals surface area contributed by atoms with Gasteiger partial charge in [0, 0.05) is 50.9 Å². The highest BCUT2D eigenvalue weighted by atomic mass is 19.1. The minimum absolute atomic E-state index is 0.0204. The number of likely N-dealkylation sites (N-methyl/N-ethyl adjacent to an activating group) is 1. The van der Waals surface area contributed by atoms with E-state index in [1.807, 2.05) is 48.1 Å². The number of unbranched alkanes of at least 4 members (excludes halogenated alkanes) is 10. The van der Waals surface area contributed by atoms with Crippen molar-refractivity contribution in [3.63, 3.8) is 0 Å². The third kappa shape index (κ3) is 23.3. The van der Waals surface area contributed by atoms with E-state index in [0.717, 1.165) is 79.4 Å². The molecule has 1 saturated carbocycles. The lowest BCUT2D eigenvalue weighted by molar-refractivity contribution is -0.907. The predicted molar refractivity (Wildman–Crippen MR) is 301 cm³/mol. The Bertz CT molecular complexity index is 2420. The van der Waals surface area contributed by atoms with E-state index in [4.69, 9.17) is 20.9 Å². The molecule has 1 aromatic heterocycles. The number of aliphatic carboxylic acids is 1. The van der Waals surface area contributed by atoms with Gasteiger partial charge in [0.05, 0.1) is 65.3 Å². The zero-order valence-corrected chi connectivity index (χ0v) is 46.7. The van der Waals surface area contributed by atoms with Gasteiger partial charge < -0.3 is 46.5 Å². The average Bonchev–Trinajstić information content (AvgIpc) is 4.17. The van der Waals surface area contributed by atoms with E-state index >= 15 is 4.39 Å². The van der Waals surface area contributed by atoms with Crippen molar-refractivity contribution in [2.45, 2.75) is 155 Å². The van der Waals surface area contributed by atoms with Crippen LogP contribution in [0.4, 0.5) is 4.39 Å². The monoisotopic (exact) mass is 1070 g/mol. The number of amides is 3. The van der Waals surface area contributed by atoms with Crippen LogP contribution >= 0.6 is 0 Å². The van der Waals surface area contributed by atoms with Gasteiger partial charge in [-0.3, -0.25) is 23.9 Å². The van der Waals surface area contributed by atoms with Crippen LogP contribution in [0.5, 0.6) is 11.5 Å². The molecule has 1 atom stereocenters. The van der Waals surface area contributed by atoms with Crippen LogP contribution < -0.4 is 36.9 Å². The van der Waals surface area contributed by atoms with Crippen LogP contribution in [0.1, 0.15) is 151 Å². The van der Waals surface area contributed by atoms with Crippen molar-refractivity contribution >= 4 is 23.7 Å². The smallest absolute Gasteiger partial charge is 0.303 e. The van der Waals surface area contributed by atoms with Crippen molar-refractivity contribution in [2.24, 2.45) is 22.8 Å². The third-order valence-electron chi connectivity index (χ3n) is 14.8. The Morgan fingerprint density at radius 3 is 2.00 bits per heavy atom. The van der Waals surface area contributed by atoms with Crippen LogP contribution in [0.25, 0.3) is 11.1 Å². The highest BCUT2D eigenvalue weighted by Crippen LogP contribution is 2.45. The van der Waals surface area contributed by atoms with E-state index in [2.05, 4.69) is 52.4 Å². The van der Waals surface area contributed by atoms with Crippen molar-refractivity contribution in [3.8, 4) is 22.6 Å². The molecule has 0 spiro atoms. The first-order chi connectivity index (χ1) is 37.1. The van der Waals surface area contributed by atoms with Crippen LogP contribution in [0.15, 0.2) is 66.9 Å². The molecule has 5 rings (SSSR count). The number of methoxy groups -OCH3 is 1. The minimum atomic E-state index is -0.788. The fourth-order valence-electron chi connectivity index (χ4n) is 10.2. The van der Waals surface area contributed by atoms with Gasteiger partial charge in [-0.1, -0.05) is 107 Å². The van der Waals surface area contributed by atoms with E-state index in [-0.39, 0.29) is 41.3 Å². The number of nitrogens with two attached hydrogens (primary N) is 2. The highest BCUT2D eigenvalue weighted by molar-refractivity contribution is 5.77. The number of nitrogens with zero attached hydrogens (tertiary/aromatic N) is 4. The molecular weight excluding hydrogens is 978 g/mol. The Morgan fingerprint density at radius 2 is 1.38 bits per heavy atom. The standard InChI is InChI=1S/C60H90FN9O7/c1-60(2,41-48-37-45(20-24-52(48)54-39-50(76-4)23-25-55(54)61)44-77-51-18-16-17-47(38-51)53(40-59(74)75)46-21-22-46)42-49-43-69(68-67-49)33-15-13-11-9-7-5-6-8-10-12-14-19-56(71)66-32-36-70(3,34-26-57(72)64-30-28-62)35-27-58(73)65-31-29-63/h16-18,20,23-25,37-39,43,46,53H,5-15,19,21-22,26-36,40-42,44,62-63H2,1-4H3,(H3-,64,65,66,71,72,73,74,75)/p+1/t53-/m0/s1. The maximum atomic E-state index is 15.5. The summed E-state index contributed by atoms with van der Waals surface area (Å²) in [5.74, 6) is 0.453. The predicted octanol–water partition coefficient (Wildman–Crippen LogP) is 8.63. The number of quaternary nitrogens is 1. The SMILES string of the molecule is COc1ccc(F)c(-c2ccc(COc3cccc([C@@H](CC(=O)O)C4CC4)c3)cc2CC(C)(C)Cc2cn(CCCCCCCCCCCCCC(=O)NCC[N+](C)(CCC(=O)NCCN)CCC(=O)NCCN)nn2)c1. The molecule has 1 aliphatic rings. The molecule has 4 aromatic rings. The summed E-state index contributed by atoms with van der Waals surface area (Å²) in [5.41, 5.74) is 15.9. The molecule has 0 bridgehead atoms. The summed E-state index contributed by atoms with van der Waals surface area (Å²) in [4.78, 5) is 48.8. The molecule has 17 heteroatoms. The van der Waals surface area contributed by atoms with Crippen molar-refractivity contribution in [2.75, 3.05) is 66.5 Å². The van der Waals surface area contributed by atoms with Gasteiger partial charge >= 0.3 is 5.97 Å². The maximum absolute atomic E-state index is 15.5. The lowest BCUT2D eigenvalue weighted by atomic mass is 9.79. The van der Waals surface area contributed by atoms with E-state index < -0.39 is 5.97 Å². The molecule has 424 valence electrons. The van der Waals surface area contributed by atoms with E-state index in [1.165, 1.54) is 44.6 Å². The number of benzene rings is 3. The van der Waals surface area contributed by atoms with Crippen LogP contribution in [0.3, 0.4) is 0 Å². The number of carbonyl (C=O) groups is 4. The molecule has 0 unspecified atom stereocenters. The molecule has 0 radical (unpaired) electrons. The molecule has 0 aliphatic heterocycles. The Kier molecular flexibility index (Phi) is 26.3. The Hall–Kier alpha value is -5.91. The second-order valence-corrected chi connectivity index (χ2v) is 22.3. The van der Waals surface area contributed by atoms with E-state index in [0.29, 0.717) is 119 Å².